The minimum atomic E-state index is -0.606. The number of carbonyl (C=O) groups is 1. The predicted molar refractivity (Wildman–Crippen MR) is 69.6 cm³/mol. The molecule has 0 aromatic rings. The second-order valence-electron chi connectivity index (χ2n) is 5.82. The maximum absolute atomic E-state index is 11.4. The Kier molecular flexibility index (Phi) is 4.62. The molecule has 1 atom stereocenters. The molecule has 1 N–H and O–H groups in total. The molecule has 2 aliphatic rings. The summed E-state index contributed by atoms with van der Waals surface area (Å²) in [5.41, 5.74) is -0.459. The van der Waals surface area contributed by atoms with Crippen LogP contribution in [-0.4, -0.2) is 48.8 Å². The fourth-order valence-corrected chi connectivity index (χ4v) is 3.20. The van der Waals surface area contributed by atoms with Gasteiger partial charge in [-0.15, -0.1) is 0 Å². The van der Waals surface area contributed by atoms with E-state index in [0.29, 0.717) is 5.92 Å². The summed E-state index contributed by atoms with van der Waals surface area (Å²) in [6, 6.07) is 0. The number of carboxylic acids is 1. The van der Waals surface area contributed by atoms with E-state index in [0.717, 1.165) is 52.1 Å². The van der Waals surface area contributed by atoms with Gasteiger partial charge in [-0.1, -0.05) is 6.92 Å². The number of hydrogen-bond donors (Lipinski definition) is 1. The highest BCUT2D eigenvalue weighted by Crippen LogP contribution is 2.35. The lowest BCUT2D eigenvalue weighted by atomic mass is 9.76. The zero-order valence-electron chi connectivity index (χ0n) is 11.4. The molecule has 0 spiro atoms. The maximum Gasteiger partial charge on any atom is 0.309 e. The van der Waals surface area contributed by atoms with Crippen molar-refractivity contribution in [1.82, 2.24) is 4.90 Å². The van der Waals surface area contributed by atoms with E-state index in [-0.39, 0.29) is 0 Å². The van der Waals surface area contributed by atoms with E-state index in [4.69, 9.17) is 4.74 Å². The van der Waals surface area contributed by atoms with E-state index in [1.54, 1.807) is 0 Å². The van der Waals surface area contributed by atoms with Gasteiger partial charge >= 0.3 is 5.97 Å². The Hall–Kier alpha value is -0.610. The van der Waals surface area contributed by atoms with Gasteiger partial charge in [-0.25, -0.2) is 0 Å². The van der Waals surface area contributed by atoms with E-state index in [9.17, 15) is 9.90 Å². The van der Waals surface area contributed by atoms with Gasteiger partial charge in [0, 0.05) is 13.2 Å². The van der Waals surface area contributed by atoms with Crippen molar-refractivity contribution < 1.29 is 14.6 Å². The summed E-state index contributed by atoms with van der Waals surface area (Å²) in [6.45, 7) is 6.73. The van der Waals surface area contributed by atoms with Crippen LogP contribution in [0.4, 0.5) is 0 Å². The van der Waals surface area contributed by atoms with Crippen LogP contribution in [0, 0.1) is 11.3 Å². The lowest BCUT2D eigenvalue weighted by Gasteiger charge is -2.40. The van der Waals surface area contributed by atoms with Gasteiger partial charge in [0.15, 0.2) is 0 Å². The van der Waals surface area contributed by atoms with E-state index in [1.165, 1.54) is 12.8 Å². The first-order valence-electron chi connectivity index (χ1n) is 7.20. The van der Waals surface area contributed by atoms with Crippen LogP contribution < -0.4 is 0 Å². The van der Waals surface area contributed by atoms with Gasteiger partial charge < -0.3 is 14.7 Å². The number of hydrogen-bond acceptors (Lipinski definition) is 3. The molecule has 2 saturated heterocycles. The maximum atomic E-state index is 11.4. The molecule has 2 fully saturated rings. The number of likely N-dealkylation sites (tertiary alicyclic amines) is 1. The van der Waals surface area contributed by atoms with Gasteiger partial charge in [0.1, 0.15) is 0 Å². The summed E-state index contributed by atoms with van der Waals surface area (Å²) >= 11 is 0. The van der Waals surface area contributed by atoms with Crippen molar-refractivity contribution in [3.63, 3.8) is 0 Å². The minimum Gasteiger partial charge on any atom is -0.481 e. The molecule has 0 aromatic heterocycles. The van der Waals surface area contributed by atoms with Crippen molar-refractivity contribution in [2.75, 3.05) is 32.8 Å². The lowest BCUT2D eigenvalue weighted by Crippen LogP contribution is -2.46. The van der Waals surface area contributed by atoms with Gasteiger partial charge in [0.05, 0.1) is 12.0 Å². The Bertz CT molecular complexity index is 279. The van der Waals surface area contributed by atoms with Crippen LogP contribution in [0.2, 0.25) is 0 Å². The standard InChI is InChI=1S/C14H25NO3/c1-2-14(13(16)17)5-7-15(8-6-14)10-12-4-3-9-18-11-12/h12H,2-11H2,1H3,(H,16,17). The van der Waals surface area contributed by atoms with E-state index in [1.807, 2.05) is 6.92 Å². The molecule has 4 nitrogen and oxygen atoms in total. The average molecular weight is 255 g/mol. The average Bonchev–Trinajstić information content (AvgIpc) is 2.41. The van der Waals surface area contributed by atoms with Crippen molar-refractivity contribution in [2.45, 2.75) is 39.0 Å². The van der Waals surface area contributed by atoms with Crippen LogP contribution in [0.15, 0.2) is 0 Å². The topological polar surface area (TPSA) is 49.8 Å². The molecule has 0 aromatic carbocycles. The molecule has 104 valence electrons. The molecule has 0 saturated carbocycles. The van der Waals surface area contributed by atoms with Crippen LogP contribution in [0.1, 0.15) is 39.0 Å². The summed E-state index contributed by atoms with van der Waals surface area (Å²) in [7, 11) is 0. The Labute approximate surface area is 109 Å². The Balaban J connectivity index is 1.80. The van der Waals surface area contributed by atoms with Crippen molar-refractivity contribution in [1.29, 1.82) is 0 Å². The number of piperidine rings is 1. The zero-order chi connectivity index (χ0) is 13.0. The number of aliphatic carboxylic acids is 1. The first-order chi connectivity index (χ1) is 8.66. The van der Waals surface area contributed by atoms with Gasteiger partial charge in [-0.05, 0) is 51.1 Å². The summed E-state index contributed by atoms with van der Waals surface area (Å²) in [5.74, 6) is 0.0448. The second kappa shape index (κ2) is 6.02. The Morgan fingerprint density at radius 1 is 1.44 bits per heavy atom. The molecular formula is C14H25NO3. The molecule has 4 heteroatoms. The third-order valence-electron chi connectivity index (χ3n) is 4.71. The van der Waals surface area contributed by atoms with Crippen molar-refractivity contribution >= 4 is 5.97 Å². The van der Waals surface area contributed by atoms with Crippen LogP contribution in [0.5, 0.6) is 0 Å². The van der Waals surface area contributed by atoms with Crippen LogP contribution in [0.3, 0.4) is 0 Å². The summed E-state index contributed by atoms with van der Waals surface area (Å²) in [6.07, 6.45) is 4.78. The summed E-state index contributed by atoms with van der Waals surface area (Å²) in [4.78, 5) is 13.8. The molecule has 2 aliphatic heterocycles. The Morgan fingerprint density at radius 3 is 2.67 bits per heavy atom. The Morgan fingerprint density at radius 2 is 2.17 bits per heavy atom. The third kappa shape index (κ3) is 3.04. The number of nitrogens with zero attached hydrogens (tertiary/aromatic N) is 1. The summed E-state index contributed by atoms with van der Waals surface area (Å²) in [5, 5.41) is 9.36. The monoisotopic (exact) mass is 255 g/mol. The van der Waals surface area contributed by atoms with Crippen molar-refractivity contribution in [3.05, 3.63) is 0 Å². The van der Waals surface area contributed by atoms with Gasteiger partial charge in [-0.2, -0.15) is 0 Å². The molecule has 0 aliphatic carbocycles. The molecule has 0 radical (unpaired) electrons. The number of carboxylic acid groups (broad SMARTS) is 1. The molecule has 2 rings (SSSR count). The molecular weight excluding hydrogens is 230 g/mol. The molecule has 18 heavy (non-hydrogen) atoms. The highest BCUT2D eigenvalue weighted by Gasteiger charge is 2.40. The van der Waals surface area contributed by atoms with E-state index in [2.05, 4.69) is 4.90 Å². The lowest BCUT2D eigenvalue weighted by molar-refractivity contribution is -0.152. The SMILES string of the molecule is CCC1(C(=O)O)CCN(CC2CCCOC2)CC1. The summed E-state index contributed by atoms with van der Waals surface area (Å²) < 4.78 is 5.50. The van der Waals surface area contributed by atoms with Crippen LogP contribution in [0.25, 0.3) is 0 Å². The molecule has 0 bridgehead atoms. The smallest absolute Gasteiger partial charge is 0.309 e. The van der Waals surface area contributed by atoms with E-state index >= 15 is 0 Å². The molecule has 1 unspecified atom stereocenters. The minimum absolute atomic E-state index is 0.459. The highest BCUT2D eigenvalue weighted by atomic mass is 16.5. The van der Waals surface area contributed by atoms with Crippen molar-refractivity contribution in [2.24, 2.45) is 11.3 Å². The normalized spacial score (nSPS) is 29.1. The molecule has 0 amide bonds. The van der Waals surface area contributed by atoms with Crippen LogP contribution >= 0.6 is 0 Å². The third-order valence-corrected chi connectivity index (χ3v) is 4.71. The zero-order valence-corrected chi connectivity index (χ0v) is 11.4. The molecule has 2 heterocycles. The fraction of sp³-hybridized carbons (Fsp3) is 0.929. The second-order valence-corrected chi connectivity index (χ2v) is 5.82. The first kappa shape index (κ1) is 13.8. The van der Waals surface area contributed by atoms with Gasteiger partial charge in [0.2, 0.25) is 0 Å². The highest BCUT2D eigenvalue weighted by molar-refractivity contribution is 5.74. The largest absolute Gasteiger partial charge is 0.481 e. The fourth-order valence-electron chi connectivity index (χ4n) is 3.20. The quantitative estimate of drug-likeness (QED) is 0.834. The number of rotatable bonds is 4. The van der Waals surface area contributed by atoms with Crippen LogP contribution in [-0.2, 0) is 9.53 Å². The van der Waals surface area contributed by atoms with E-state index < -0.39 is 11.4 Å². The van der Waals surface area contributed by atoms with Gasteiger partial charge in [-0.3, -0.25) is 4.79 Å². The number of ether oxygens (including phenoxy) is 1. The predicted octanol–water partition coefficient (Wildman–Crippen LogP) is 1.99. The first-order valence-corrected chi connectivity index (χ1v) is 7.20. The van der Waals surface area contributed by atoms with Gasteiger partial charge in [0.25, 0.3) is 0 Å². The van der Waals surface area contributed by atoms with Crippen molar-refractivity contribution in [3.8, 4) is 0 Å².